The van der Waals surface area contributed by atoms with Gasteiger partial charge in [-0.1, -0.05) is 36.4 Å². The SMILES string of the molecule is C[C@H](NC(=O)[C@H]1C[C@H](c2ccccc2)CN1)C(=O)NCc1ccc(C(N)=O)nc1. The normalized spacial score (nSPS) is 19.3. The Bertz CT molecular complexity index is 870. The van der Waals surface area contributed by atoms with E-state index in [1.165, 1.54) is 17.8 Å². The molecule has 2 aromatic rings. The van der Waals surface area contributed by atoms with Gasteiger partial charge in [0, 0.05) is 19.3 Å². The highest BCUT2D eigenvalue weighted by Crippen LogP contribution is 2.25. The van der Waals surface area contributed by atoms with Gasteiger partial charge in [0.25, 0.3) is 5.91 Å². The maximum atomic E-state index is 12.5. The fourth-order valence-electron chi connectivity index (χ4n) is 3.31. The van der Waals surface area contributed by atoms with Crippen LogP contribution in [0.5, 0.6) is 0 Å². The van der Waals surface area contributed by atoms with Crippen LogP contribution in [0.1, 0.15) is 40.9 Å². The van der Waals surface area contributed by atoms with Crippen molar-refractivity contribution in [2.45, 2.75) is 37.9 Å². The molecular weight excluding hydrogens is 370 g/mol. The summed E-state index contributed by atoms with van der Waals surface area (Å²) in [6.07, 6.45) is 2.18. The van der Waals surface area contributed by atoms with E-state index in [0.717, 1.165) is 12.1 Å². The highest BCUT2D eigenvalue weighted by Gasteiger charge is 2.31. The summed E-state index contributed by atoms with van der Waals surface area (Å²) in [4.78, 5) is 39.7. The van der Waals surface area contributed by atoms with E-state index in [-0.39, 0.29) is 36.0 Å². The van der Waals surface area contributed by atoms with Crippen molar-refractivity contribution < 1.29 is 14.4 Å². The third kappa shape index (κ3) is 5.39. The highest BCUT2D eigenvalue weighted by atomic mass is 16.2. The zero-order chi connectivity index (χ0) is 20.8. The number of benzene rings is 1. The average Bonchev–Trinajstić information content (AvgIpc) is 3.23. The van der Waals surface area contributed by atoms with E-state index >= 15 is 0 Å². The lowest BCUT2D eigenvalue weighted by Gasteiger charge is -2.17. The summed E-state index contributed by atoms with van der Waals surface area (Å²) < 4.78 is 0. The van der Waals surface area contributed by atoms with Crippen molar-refractivity contribution in [2.75, 3.05) is 6.54 Å². The Balaban J connectivity index is 1.45. The summed E-state index contributed by atoms with van der Waals surface area (Å²) in [6, 6.07) is 12.3. The maximum absolute atomic E-state index is 12.5. The lowest BCUT2D eigenvalue weighted by Crippen LogP contribution is -2.49. The lowest BCUT2D eigenvalue weighted by atomic mass is 9.96. The first kappa shape index (κ1) is 20.5. The smallest absolute Gasteiger partial charge is 0.267 e. The van der Waals surface area contributed by atoms with Gasteiger partial charge >= 0.3 is 0 Å². The molecule has 5 N–H and O–H groups in total. The number of carbonyl (C=O) groups excluding carboxylic acids is 3. The fraction of sp³-hybridized carbons (Fsp3) is 0.333. The van der Waals surface area contributed by atoms with Crippen molar-refractivity contribution in [2.24, 2.45) is 5.73 Å². The molecule has 0 spiro atoms. The molecule has 1 saturated heterocycles. The molecule has 1 aromatic carbocycles. The first-order valence-corrected chi connectivity index (χ1v) is 9.55. The van der Waals surface area contributed by atoms with Crippen LogP contribution in [0.15, 0.2) is 48.7 Å². The van der Waals surface area contributed by atoms with Crippen molar-refractivity contribution >= 4 is 17.7 Å². The quantitative estimate of drug-likeness (QED) is 0.541. The molecule has 1 aliphatic heterocycles. The molecule has 0 aliphatic carbocycles. The van der Waals surface area contributed by atoms with Crippen molar-refractivity contribution in [3.63, 3.8) is 0 Å². The lowest BCUT2D eigenvalue weighted by molar-refractivity contribution is -0.129. The molecule has 29 heavy (non-hydrogen) atoms. The standard InChI is InChI=1S/C21H25N5O3/c1-13(20(28)25-11-14-7-8-17(19(22)27)23-10-14)26-21(29)18-9-16(12-24-18)15-5-3-2-4-6-15/h2-8,10,13,16,18,24H,9,11-12H2,1H3,(H2,22,27)(H,25,28)(H,26,29)/t13-,16-,18+/m0/s1. The van der Waals surface area contributed by atoms with Crippen molar-refractivity contribution in [3.05, 3.63) is 65.5 Å². The summed E-state index contributed by atoms with van der Waals surface area (Å²) in [5.41, 5.74) is 7.25. The number of primary amides is 1. The Morgan fingerprint density at radius 2 is 1.97 bits per heavy atom. The topological polar surface area (TPSA) is 126 Å². The minimum Gasteiger partial charge on any atom is -0.364 e. The Morgan fingerprint density at radius 3 is 2.62 bits per heavy atom. The van der Waals surface area contributed by atoms with Crippen molar-refractivity contribution in [3.8, 4) is 0 Å². The van der Waals surface area contributed by atoms with Gasteiger partial charge < -0.3 is 21.7 Å². The van der Waals surface area contributed by atoms with E-state index < -0.39 is 11.9 Å². The molecule has 8 nitrogen and oxygen atoms in total. The van der Waals surface area contributed by atoms with Crippen LogP contribution < -0.4 is 21.7 Å². The Labute approximate surface area is 169 Å². The molecule has 3 atom stereocenters. The molecule has 3 rings (SSSR count). The molecular formula is C21H25N5O3. The van der Waals surface area contributed by atoms with E-state index in [1.54, 1.807) is 13.0 Å². The van der Waals surface area contributed by atoms with Gasteiger partial charge in [0.05, 0.1) is 6.04 Å². The number of pyridine rings is 1. The molecule has 0 bridgehead atoms. The molecule has 3 amide bonds. The van der Waals surface area contributed by atoms with Gasteiger partial charge in [0.1, 0.15) is 11.7 Å². The van der Waals surface area contributed by atoms with E-state index in [2.05, 4.69) is 33.1 Å². The first-order chi connectivity index (χ1) is 13.9. The molecule has 1 aromatic heterocycles. The molecule has 0 unspecified atom stereocenters. The Morgan fingerprint density at radius 1 is 1.21 bits per heavy atom. The summed E-state index contributed by atoms with van der Waals surface area (Å²) in [7, 11) is 0. The van der Waals surface area contributed by atoms with Gasteiger partial charge in [-0.3, -0.25) is 19.4 Å². The molecule has 1 aliphatic rings. The number of hydrogen-bond acceptors (Lipinski definition) is 5. The summed E-state index contributed by atoms with van der Waals surface area (Å²) in [6.45, 7) is 2.62. The van der Waals surface area contributed by atoms with Crippen LogP contribution in [0, 0.1) is 0 Å². The number of rotatable bonds is 7. The molecule has 8 heteroatoms. The minimum absolute atomic E-state index is 0.165. The second kappa shape index (κ2) is 9.29. The number of amides is 3. The molecule has 1 fully saturated rings. The summed E-state index contributed by atoms with van der Waals surface area (Å²) in [5, 5.41) is 8.74. The van der Waals surface area contributed by atoms with Crippen molar-refractivity contribution in [1.29, 1.82) is 0 Å². The average molecular weight is 395 g/mol. The van der Waals surface area contributed by atoms with E-state index in [4.69, 9.17) is 5.73 Å². The van der Waals surface area contributed by atoms with Gasteiger partial charge in [-0.25, -0.2) is 0 Å². The third-order valence-corrected chi connectivity index (χ3v) is 5.01. The molecule has 0 saturated carbocycles. The van der Waals surface area contributed by atoms with Gasteiger partial charge in [-0.15, -0.1) is 0 Å². The number of hydrogen-bond donors (Lipinski definition) is 4. The van der Waals surface area contributed by atoms with Crippen LogP contribution in [0.3, 0.4) is 0 Å². The predicted octanol–water partition coefficient (Wildman–Crippen LogP) is 0.447. The first-order valence-electron chi connectivity index (χ1n) is 9.55. The van der Waals surface area contributed by atoms with Gasteiger partial charge in [-0.2, -0.15) is 0 Å². The number of nitrogens with two attached hydrogens (primary N) is 1. The third-order valence-electron chi connectivity index (χ3n) is 5.01. The number of carbonyl (C=O) groups is 3. The van der Waals surface area contributed by atoms with E-state index in [9.17, 15) is 14.4 Å². The van der Waals surface area contributed by atoms with Gasteiger partial charge in [0.2, 0.25) is 11.8 Å². The number of nitrogens with zero attached hydrogens (tertiary/aromatic N) is 1. The number of aromatic nitrogens is 1. The summed E-state index contributed by atoms with van der Waals surface area (Å²) >= 11 is 0. The van der Waals surface area contributed by atoms with Gasteiger partial charge in [0.15, 0.2) is 0 Å². The maximum Gasteiger partial charge on any atom is 0.267 e. The Hall–Kier alpha value is -3.26. The predicted molar refractivity (Wildman–Crippen MR) is 108 cm³/mol. The second-order valence-electron chi connectivity index (χ2n) is 7.17. The van der Waals surface area contributed by atoms with Crippen LogP contribution in [0.25, 0.3) is 0 Å². The van der Waals surface area contributed by atoms with Crippen LogP contribution >= 0.6 is 0 Å². The van der Waals surface area contributed by atoms with Gasteiger partial charge in [-0.05, 0) is 36.5 Å². The van der Waals surface area contributed by atoms with Crippen LogP contribution in [-0.4, -0.2) is 41.3 Å². The second-order valence-corrected chi connectivity index (χ2v) is 7.17. The fourth-order valence-corrected chi connectivity index (χ4v) is 3.31. The van der Waals surface area contributed by atoms with Crippen molar-refractivity contribution in [1.82, 2.24) is 20.9 Å². The zero-order valence-electron chi connectivity index (χ0n) is 16.2. The summed E-state index contributed by atoms with van der Waals surface area (Å²) in [5.74, 6) is -0.799. The zero-order valence-corrected chi connectivity index (χ0v) is 16.2. The molecule has 2 heterocycles. The van der Waals surface area contributed by atoms with Crippen LogP contribution in [0.2, 0.25) is 0 Å². The largest absolute Gasteiger partial charge is 0.364 e. The van der Waals surface area contributed by atoms with E-state index in [1.807, 2.05) is 18.2 Å². The Kier molecular flexibility index (Phi) is 6.56. The number of nitrogens with one attached hydrogen (secondary N) is 3. The van der Waals surface area contributed by atoms with Crippen LogP contribution in [0.4, 0.5) is 0 Å². The monoisotopic (exact) mass is 395 g/mol. The minimum atomic E-state index is -0.669. The van der Waals surface area contributed by atoms with E-state index in [0.29, 0.717) is 6.42 Å². The molecule has 0 radical (unpaired) electrons. The highest BCUT2D eigenvalue weighted by molar-refractivity contribution is 5.91. The van der Waals surface area contributed by atoms with Crippen LogP contribution in [-0.2, 0) is 16.1 Å². The molecule has 152 valence electrons.